The second kappa shape index (κ2) is 10.3. The molecule has 0 heterocycles. The Morgan fingerprint density at radius 1 is 1.05 bits per heavy atom. The molecule has 1 atom stereocenters. The van der Waals surface area contributed by atoms with Crippen molar-refractivity contribution in [3.8, 4) is 0 Å². The minimum absolute atomic E-state index is 0.446. The van der Waals surface area contributed by atoms with Gasteiger partial charge in [0.2, 0.25) is 0 Å². The lowest BCUT2D eigenvalue weighted by Crippen LogP contribution is -2.50. The molecule has 6 heteroatoms. The third-order valence-corrected chi connectivity index (χ3v) is 10.1. The molecule has 0 amide bonds. The van der Waals surface area contributed by atoms with Gasteiger partial charge in [0, 0.05) is 17.6 Å². The van der Waals surface area contributed by atoms with Crippen molar-refractivity contribution in [1.82, 2.24) is 5.32 Å². The van der Waals surface area contributed by atoms with Gasteiger partial charge in [-0.25, -0.2) is 0 Å². The van der Waals surface area contributed by atoms with Gasteiger partial charge in [-0.1, -0.05) is 44.7 Å². The van der Waals surface area contributed by atoms with Crippen molar-refractivity contribution in [3.05, 3.63) is 0 Å². The Labute approximate surface area is 137 Å². The number of likely N-dealkylation sites (N-methyl/N-ethyl adjacent to an activating group) is 1. The van der Waals surface area contributed by atoms with Crippen molar-refractivity contribution in [2.24, 2.45) is 0 Å². The fourth-order valence-corrected chi connectivity index (χ4v) is 9.23. The highest BCUT2D eigenvalue weighted by atomic mass is 28.4. The van der Waals surface area contributed by atoms with Crippen LogP contribution in [0.4, 0.5) is 0 Å². The molecular formula is C15H39NO2Si3. The van der Waals surface area contributed by atoms with Crippen LogP contribution in [-0.4, -0.2) is 50.4 Å². The lowest BCUT2D eigenvalue weighted by atomic mass is 10.1. The van der Waals surface area contributed by atoms with E-state index < -0.39 is 31.6 Å². The smallest absolute Gasteiger partial charge is 0.186 e. The van der Waals surface area contributed by atoms with Gasteiger partial charge in [-0.05, 0) is 39.0 Å². The summed E-state index contributed by atoms with van der Waals surface area (Å²) in [5, 5.41) is 13.7. The van der Waals surface area contributed by atoms with Crippen LogP contribution in [0.25, 0.3) is 0 Å². The summed E-state index contributed by atoms with van der Waals surface area (Å²) in [6.07, 6.45) is 3.13. The maximum Gasteiger partial charge on any atom is 0.186 e. The zero-order valence-corrected chi connectivity index (χ0v) is 18.8. The van der Waals surface area contributed by atoms with Crippen LogP contribution in [0.15, 0.2) is 0 Å². The van der Waals surface area contributed by atoms with Crippen LogP contribution in [0.3, 0.4) is 0 Å². The molecule has 0 aliphatic rings. The van der Waals surface area contributed by atoms with Gasteiger partial charge in [-0.3, -0.25) is 5.32 Å². The second-order valence-electron chi connectivity index (χ2n) is 7.90. The highest BCUT2D eigenvalue weighted by molar-refractivity contribution is 6.72. The van der Waals surface area contributed by atoms with E-state index in [1.54, 1.807) is 0 Å². The van der Waals surface area contributed by atoms with Crippen molar-refractivity contribution >= 4 is 25.9 Å². The lowest BCUT2D eigenvalue weighted by Gasteiger charge is -2.32. The summed E-state index contributed by atoms with van der Waals surface area (Å²) in [6, 6.07) is 3.96. The molecule has 0 aromatic heterocycles. The van der Waals surface area contributed by atoms with Gasteiger partial charge < -0.3 is 9.53 Å². The molecule has 0 rings (SSSR count). The van der Waals surface area contributed by atoms with Crippen LogP contribution in [-0.2, 0) is 4.43 Å². The summed E-state index contributed by atoms with van der Waals surface area (Å²) >= 11 is 0. The predicted octanol–water partition coefficient (Wildman–Crippen LogP) is 3.26. The van der Waals surface area contributed by atoms with Gasteiger partial charge in [0.1, 0.15) is 5.72 Å². The molecule has 128 valence electrons. The van der Waals surface area contributed by atoms with Gasteiger partial charge >= 0.3 is 0 Å². The highest BCUT2D eigenvalue weighted by Crippen LogP contribution is 2.20. The maximum atomic E-state index is 10.6. The van der Waals surface area contributed by atoms with Gasteiger partial charge in [0.15, 0.2) is 8.32 Å². The van der Waals surface area contributed by atoms with Gasteiger partial charge in [-0.15, -0.1) is 0 Å². The van der Waals surface area contributed by atoms with Crippen LogP contribution >= 0.6 is 0 Å². The van der Waals surface area contributed by atoms with E-state index in [1.165, 1.54) is 24.6 Å². The molecule has 21 heavy (non-hydrogen) atoms. The first-order valence-electron chi connectivity index (χ1n) is 8.65. The second-order valence-corrected chi connectivity index (χ2v) is 18.9. The Kier molecular flexibility index (Phi) is 10.6. The number of rotatable bonds is 12. The molecule has 0 fully saturated rings. The summed E-state index contributed by atoms with van der Waals surface area (Å²) in [4.78, 5) is 0. The standard InChI is InChI=1S/C15H39NO2Si3/c1-16-15(17,10-8-9-11-19(2)3)14-18-21(6,7)13-12-20(4)5/h16-17,19-20H,8-14H2,1-7H3. The molecular weight excluding hydrogens is 310 g/mol. The molecule has 0 spiro atoms. The molecule has 0 saturated carbocycles. The average molecular weight is 350 g/mol. The van der Waals surface area contributed by atoms with E-state index in [9.17, 15) is 5.11 Å². The first-order chi connectivity index (χ1) is 9.60. The highest BCUT2D eigenvalue weighted by Gasteiger charge is 2.30. The predicted molar refractivity (Wildman–Crippen MR) is 103 cm³/mol. The Bertz CT molecular complexity index is 276. The fraction of sp³-hybridized carbons (Fsp3) is 1.00. The SMILES string of the molecule is CNC(O)(CCCC[SiH](C)C)CO[Si](C)(C)CC[SiH](C)C. The van der Waals surface area contributed by atoms with Crippen LogP contribution in [0.1, 0.15) is 19.3 Å². The molecule has 0 bridgehead atoms. The minimum atomic E-state index is -1.62. The average Bonchev–Trinajstić information content (AvgIpc) is 2.39. The van der Waals surface area contributed by atoms with E-state index in [4.69, 9.17) is 4.43 Å². The van der Waals surface area contributed by atoms with E-state index in [0.29, 0.717) is 6.61 Å². The zero-order chi connectivity index (χ0) is 16.5. The third kappa shape index (κ3) is 11.7. The number of nitrogens with one attached hydrogen (secondary N) is 1. The van der Waals surface area contributed by atoms with Crippen molar-refractivity contribution in [1.29, 1.82) is 0 Å². The van der Waals surface area contributed by atoms with E-state index >= 15 is 0 Å². The van der Waals surface area contributed by atoms with Gasteiger partial charge in [-0.2, -0.15) is 0 Å². The fourth-order valence-electron chi connectivity index (χ4n) is 2.26. The molecule has 3 nitrogen and oxygen atoms in total. The van der Waals surface area contributed by atoms with E-state index in [2.05, 4.69) is 44.6 Å². The van der Waals surface area contributed by atoms with E-state index in [-0.39, 0.29) is 0 Å². The van der Waals surface area contributed by atoms with Gasteiger partial charge in [0.25, 0.3) is 0 Å². The number of hydrogen-bond donors (Lipinski definition) is 2. The summed E-state index contributed by atoms with van der Waals surface area (Å²) in [5.74, 6) is 0. The van der Waals surface area contributed by atoms with Crippen LogP contribution in [0.2, 0.25) is 57.4 Å². The minimum Gasteiger partial charge on any atom is -0.413 e. The number of aliphatic hydroxyl groups is 1. The van der Waals surface area contributed by atoms with Crippen molar-refractivity contribution in [2.75, 3.05) is 13.7 Å². The molecule has 0 aromatic carbocycles. The Morgan fingerprint density at radius 2 is 1.62 bits per heavy atom. The Balaban J connectivity index is 4.15. The summed E-state index contributed by atoms with van der Waals surface area (Å²) in [6.45, 7) is 14.6. The van der Waals surface area contributed by atoms with Gasteiger partial charge in [0.05, 0.1) is 6.61 Å². The lowest BCUT2D eigenvalue weighted by molar-refractivity contribution is -0.0394. The first-order valence-corrected chi connectivity index (χ1v) is 18.0. The van der Waals surface area contributed by atoms with E-state index in [1.807, 2.05) is 7.05 Å². The summed E-state index contributed by atoms with van der Waals surface area (Å²) in [5.41, 5.74) is -0.835. The molecule has 0 aromatic rings. The number of unbranched alkanes of at least 4 members (excludes halogenated alkanes) is 1. The normalized spacial score (nSPS) is 15.7. The Hall–Kier alpha value is 0.531. The molecule has 0 aliphatic heterocycles. The quantitative estimate of drug-likeness (QED) is 0.323. The third-order valence-electron chi connectivity index (χ3n) is 4.11. The van der Waals surface area contributed by atoms with Crippen LogP contribution in [0, 0.1) is 0 Å². The molecule has 0 aliphatic carbocycles. The van der Waals surface area contributed by atoms with Crippen molar-refractivity contribution < 1.29 is 9.53 Å². The molecule has 2 N–H and O–H groups in total. The largest absolute Gasteiger partial charge is 0.413 e. The van der Waals surface area contributed by atoms with Crippen molar-refractivity contribution in [2.45, 2.75) is 82.4 Å². The zero-order valence-electron chi connectivity index (χ0n) is 15.5. The molecule has 0 radical (unpaired) electrons. The maximum absolute atomic E-state index is 10.6. The molecule has 1 unspecified atom stereocenters. The Morgan fingerprint density at radius 3 is 2.10 bits per heavy atom. The van der Waals surface area contributed by atoms with Crippen LogP contribution in [0.5, 0.6) is 0 Å². The topological polar surface area (TPSA) is 41.5 Å². The van der Waals surface area contributed by atoms with E-state index in [0.717, 1.165) is 12.8 Å². The number of hydrogen-bond acceptors (Lipinski definition) is 3. The van der Waals surface area contributed by atoms with Crippen molar-refractivity contribution in [3.63, 3.8) is 0 Å². The summed E-state index contributed by atoms with van der Waals surface area (Å²) < 4.78 is 6.17. The summed E-state index contributed by atoms with van der Waals surface area (Å²) in [7, 11) is -0.720. The monoisotopic (exact) mass is 349 g/mol. The van der Waals surface area contributed by atoms with Crippen LogP contribution < -0.4 is 5.32 Å². The molecule has 0 saturated heterocycles. The first kappa shape index (κ1) is 21.5.